The van der Waals surface area contributed by atoms with E-state index in [0.717, 1.165) is 16.7 Å². The number of ether oxygens (including phenoxy) is 2. The van der Waals surface area contributed by atoms with Gasteiger partial charge in [-0.05, 0) is 36.3 Å². The molecule has 0 fully saturated rings. The number of esters is 1. The van der Waals surface area contributed by atoms with Gasteiger partial charge in [0, 0.05) is 6.08 Å². The Bertz CT molecular complexity index is 727. The van der Waals surface area contributed by atoms with Crippen molar-refractivity contribution in [3.63, 3.8) is 0 Å². The first-order valence-corrected chi connectivity index (χ1v) is 7.17. The number of rotatable bonds is 6. The monoisotopic (exact) mass is 307 g/mol. The molecule has 0 spiro atoms. The van der Waals surface area contributed by atoms with Crippen molar-refractivity contribution in [2.75, 3.05) is 6.61 Å². The van der Waals surface area contributed by atoms with Gasteiger partial charge in [0.1, 0.15) is 18.4 Å². The SMILES string of the molecule is Cc1cccc(COC(=O)/C=C/c2ccc(OCC#N)cc2)c1. The fraction of sp³-hybridized carbons (Fsp3) is 0.158. The molecule has 0 saturated heterocycles. The summed E-state index contributed by atoms with van der Waals surface area (Å²) >= 11 is 0. The molecule has 0 bridgehead atoms. The molecule has 0 aliphatic heterocycles. The predicted octanol–water partition coefficient (Wildman–Crippen LogP) is 3.65. The van der Waals surface area contributed by atoms with Crippen LogP contribution < -0.4 is 4.74 Å². The van der Waals surface area contributed by atoms with E-state index >= 15 is 0 Å². The Morgan fingerprint density at radius 2 is 2.00 bits per heavy atom. The number of nitriles is 1. The van der Waals surface area contributed by atoms with Crippen LogP contribution in [0.2, 0.25) is 0 Å². The van der Waals surface area contributed by atoms with Crippen LogP contribution in [0.15, 0.2) is 54.6 Å². The molecule has 4 nitrogen and oxygen atoms in total. The fourth-order valence-electron chi connectivity index (χ4n) is 1.96. The van der Waals surface area contributed by atoms with Crippen LogP contribution in [0.5, 0.6) is 5.75 Å². The Labute approximate surface area is 135 Å². The van der Waals surface area contributed by atoms with Crippen LogP contribution in [0.25, 0.3) is 6.08 Å². The van der Waals surface area contributed by atoms with Crippen LogP contribution in [0.1, 0.15) is 16.7 Å². The molecule has 0 aromatic heterocycles. The molecular weight excluding hydrogens is 290 g/mol. The average Bonchev–Trinajstić information content (AvgIpc) is 2.57. The number of benzene rings is 2. The molecule has 0 aliphatic rings. The van der Waals surface area contributed by atoms with Crippen LogP contribution in [0.3, 0.4) is 0 Å². The third-order valence-electron chi connectivity index (χ3n) is 3.06. The zero-order chi connectivity index (χ0) is 16.5. The second-order valence-corrected chi connectivity index (χ2v) is 4.95. The summed E-state index contributed by atoms with van der Waals surface area (Å²) in [6.45, 7) is 2.27. The minimum atomic E-state index is -0.392. The van der Waals surface area contributed by atoms with Gasteiger partial charge < -0.3 is 9.47 Å². The number of hydrogen-bond donors (Lipinski definition) is 0. The first-order valence-electron chi connectivity index (χ1n) is 7.17. The van der Waals surface area contributed by atoms with Crippen molar-refractivity contribution in [1.29, 1.82) is 5.26 Å². The highest BCUT2D eigenvalue weighted by molar-refractivity contribution is 5.87. The molecule has 0 atom stereocenters. The Morgan fingerprint density at radius 1 is 1.22 bits per heavy atom. The summed E-state index contributed by atoms with van der Waals surface area (Å²) in [7, 11) is 0. The summed E-state index contributed by atoms with van der Waals surface area (Å²) < 4.78 is 10.4. The first kappa shape index (κ1) is 16.3. The first-order chi connectivity index (χ1) is 11.2. The van der Waals surface area contributed by atoms with Gasteiger partial charge in [-0.25, -0.2) is 4.79 Å². The van der Waals surface area contributed by atoms with Crippen LogP contribution in [-0.4, -0.2) is 12.6 Å². The van der Waals surface area contributed by atoms with Gasteiger partial charge in [-0.1, -0.05) is 42.0 Å². The number of hydrogen-bond acceptors (Lipinski definition) is 4. The van der Waals surface area contributed by atoms with Crippen LogP contribution in [-0.2, 0) is 16.1 Å². The topological polar surface area (TPSA) is 59.3 Å². The predicted molar refractivity (Wildman–Crippen MR) is 87.6 cm³/mol. The molecule has 2 rings (SSSR count). The van der Waals surface area contributed by atoms with Crippen molar-refractivity contribution in [2.45, 2.75) is 13.5 Å². The van der Waals surface area contributed by atoms with Gasteiger partial charge in [-0.3, -0.25) is 0 Å². The molecule has 0 N–H and O–H groups in total. The molecule has 116 valence electrons. The molecule has 0 radical (unpaired) electrons. The average molecular weight is 307 g/mol. The van der Waals surface area contributed by atoms with Crippen LogP contribution in [0, 0.1) is 18.3 Å². The van der Waals surface area contributed by atoms with Gasteiger partial charge in [0.05, 0.1) is 0 Å². The zero-order valence-electron chi connectivity index (χ0n) is 12.9. The Hall–Kier alpha value is -3.06. The fourth-order valence-corrected chi connectivity index (χ4v) is 1.96. The summed E-state index contributed by atoms with van der Waals surface area (Å²) in [4.78, 5) is 11.7. The number of carbonyl (C=O) groups excluding carboxylic acids is 1. The third kappa shape index (κ3) is 5.68. The Morgan fingerprint density at radius 3 is 2.70 bits per heavy atom. The van der Waals surface area contributed by atoms with Crippen LogP contribution in [0.4, 0.5) is 0 Å². The number of carbonyl (C=O) groups is 1. The van der Waals surface area contributed by atoms with Gasteiger partial charge in [0.15, 0.2) is 6.61 Å². The highest BCUT2D eigenvalue weighted by Gasteiger charge is 1.99. The zero-order valence-corrected chi connectivity index (χ0v) is 12.9. The van der Waals surface area contributed by atoms with Gasteiger partial charge in [-0.2, -0.15) is 5.26 Å². The molecule has 4 heteroatoms. The molecule has 0 aliphatic carbocycles. The number of aryl methyl sites for hydroxylation is 1. The van der Waals surface area contributed by atoms with E-state index in [1.165, 1.54) is 6.08 Å². The molecule has 2 aromatic rings. The van der Waals surface area contributed by atoms with E-state index in [-0.39, 0.29) is 13.2 Å². The lowest BCUT2D eigenvalue weighted by Gasteiger charge is -2.03. The summed E-state index contributed by atoms with van der Waals surface area (Å²) in [6, 6.07) is 16.8. The highest BCUT2D eigenvalue weighted by atomic mass is 16.5. The normalized spacial score (nSPS) is 10.3. The second kappa shape index (κ2) is 8.40. The molecule has 0 saturated carbocycles. The molecular formula is C19H17NO3. The quantitative estimate of drug-likeness (QED) is 0.603. The molecule has 2 aromatic carbocycles. The van der Waals surface area contributed by atoms with Crippen molar-refractivity contribution < 1.29 is 14.3 Å². The van der Waals surface area contributed by atoms with Crippen molar-refractivity contribution >= 4 is 12.0 Å². The summed E-state index contributed by atoms with van der Waals surface area (Å²) in [6.07, 6.45) is 3.06. The molecule has 0 heterocycles. The molecule has 23 heavy (non-hydrogen) atoms. The number of nitrogens with zero attached hydrogens (tertiary/aromatic N) is 1. The van der Waals surface area contributed by atoms with Gasteiger partial charge >= 0.3 is 5.97 Å². The lowest BCUT2D eigenvalue weighted by Crippen LogP contribution is -2.00. The van der Waals surface area contributed by atoms with Gasteiger partial charge in [0.25, 0.3) is 0 Å². The maximum atomic E-state index is 11.7. The molecule has 0 unspecified atom stereocenters. The summed E-state index contributed by atoms with van der Waals surface area (Å²) in [5, 5.41) is 8.44. The standard InChI is InChI=1S/C19H17NO3/c1-15-3-2-4-17(13-15)14-23-19(21)10-7-16-5-8-18(9-6-16)22-12-11-20/h2-10,13H,12,14H2,1H3/b10-7+. The molecule has 0 amide bonds. The maximum absolute atomic E-state index is 11.7. The summed E-state index contributed by atoms with van der Waals surface area (Å²) in [5.74, 6) is 0.224. The van der Waals surface area contributed by atoms with E-state index in [1.54, 1.807) is 30.3 Å². The van der Waals surface area contributed by atoms with Gasteiger partial charge in [0.2, 0.25) is 0 Å². The van der Waals surface area contributed by atoms with Crippen molar-refractivity contribution in [3.05, 3.63) is 71.3 Å². The largest absolute Gasteiger partial charge is 0.479 e. The smallest absolute Gasteiger partial charge is 0.331 e. The van der Waals surface area contributed by atoms with Gasteiger partial charge in [-0.15, -0.1) is 0 Å². The van der Waals surface area contributed by atoms with E-state index in [9.17, 15) is 4.79 Å². The third-order valence-corrected chi connectivity index (χ3v) is 3.06. The van der Waals surface area contributed by atoms with Crippen molar-refractivity contribution in [1.82, 2.24) is 0 Å². The van der Waals surface area contributed by atoms with E-state index < -0.39 is 5.97 Å². The minimum absolute atomic E-state index is 0.0144. The highest BCUT2D eigenvalue weighted by Crippen LogP contribution is 2.13. The van der Waals surface area contributed by atoms with E-state index in [1.807, 2.05) is 37.3 Å². The van der Waals surface area contributed by atoms with Crippen molar-refractivity contribution in [2.24, 2.45) is 0 Å². The van der Waals surface area contributed by atoms with E-state index in [2.05, 4.69) is 0 Å². The van der Waals surface area contributed by atoms with E-state index in [0.29, 0.717) is 5.75 Å². The Kier molecular flexibility index (Phi) is 5.96. The lowest BCUT2D eigenvalue weighted by atomic mass is 10.1. The van der Waals surface area contributed by atoms with E-state index in [4.69, 9.17) is 14.7 Å². The Balaban J connectivity index is 1.84. The lowest BCUT2D eigenvalue weighted by molar-refractivity contribution is -0.138. The van der Waals surface area contributed by atoms with Crippen LogP contribution >= 0.6 is 0 Å². The minimum Gasteiger partial charge on any atom is -0.479 e. The van der Waals surface area contributed by atoms with Crippen molar-refractivity contribution in [3.8, 4) is 11.8 Å². The second-order valence-electron chi connectivity index (χ2n) is 4.95. The maximum Gasteiger partial charge on any atom is 0.331 e. The summed E-state index contributed by atoms with van der Waals surface area (Å²) in [5.41, 5.74) is 2.94.